The summed E-state index contributed by atoms with van der Waals surface area (Å²) in [5.41, 5.74) is 2.16. The summed E-state index contributed by atoms with van der Waals surface area (Å²) in [4.78, 5) is 13.5. The third-order valence-electron chi connectivity index (χ3n) is 2.36. The van der Waals surface area contributed by atoms with E-state index in [1.54, 1.807) is 11.3 Å². The first-order valence-electron chi connectivity index (χ1n) is 4.21. The fourth-order valence-corrected chi connectivity index (χ4v) is 2.89. The van der Waals surface area contributed by atoms with Crippen LogP contribution in [0.25, 0.3) is 0 Å². The van der Waals surface area contributed by atoms with Crippen LogP contribution >= 0.6 is 23.1 Å². The lowest BCUT2D eigenvalue weighted by Crippen LogP contribution is -2.37. The lowest BCUT2D eigenvalue weighted by atomic mass is 10.0. The van der Waals surface area contributed by atoms with Gasteiger partial charge in [0.15, 0.2) is 5.84 Å². The van der Waals surface area contributed by atoms with Crippen molar-refractivity contribution in [3.05, 3.63) is 20.9 Å². The lowest BCUT2D eigenvalue weighted by molar-refractivity contribution is -0.119. The van der Waals surface area contributed by atoms with E-state index in [-0.39, 0.29) is 5.91 Å². The van der Waals surface area contributed by atoms with Gasteiger partial charge in [0.2, 0.25) is 5.91 Å². The van der Waals surface area contributed by atoms with Gasteiger partial charge < -0.3 is 5.32 Å². The summed E-state index contributed by atoms with van der Waals surface area (Å²) >= 11 is 7.07. The Labute approximate surface area is 90.9 Å². The van der Waals surface area contributed by atoms with E-state index in [2.05, 4.69) is 9.83 Å². The molecule has 0 atom stereocenters. The molecule has 0 radical (unpaired) electrons. The van der Waals surface area contributed by atoms with E-state index < -0.39 is 0 Å². The van der Waals surface area contributed by atoms with Gasteiger partial charge in [-0.1, -0.05) is 0 Å². The first-order valence-corrected chi connectivity index (χ1v) is 5.37. The van der Waals surface area contributed by atoms with Gasteiger partial charge in [0.25, 0.3) is 0 Å². The summed E-state index contributed by atoms with van der Waals surface area (Å²) in [6.45, 7) is 4.05. The van der Waals surface area contributed by atoms with Gasteiger partial charge in [0.05, 0.1) is 6.42 Å². The molecular weight excluding hydrogens is 220 g/mol. The first kappa shape index (κ1) is 9.68. The van der Waals surface area contributed by atoms with Crippen molar-refractivity contribution >= 4 is 34.9 Å². The Hall–Kier alpha value is -0.870. The average Bonchev–Trinajstić information content (AvgIpc) is 2.41. The standard InChI is InChI=1S/C9H9ClN2OS/c1-4-5(2)14-6-3-7(13)11-9(12-10)8(4)6/h3H2,1-2H3,(H,11,12,13). The number of rotatable bonds is 0. The second kappa shape index (κ2) is 3.37. The second-order valence-electron chi connectivity index (χ2n) is 3.24. The zero-order valence-electron chi connectivity index (χ0n) is 7.85. The molecule has 1 aliphatic heterocycles. The van der Waals surface area contributed by atoms with Crippen LogP contribution in [-0.4, -0.2) is 11.7 Å². The highest BCUT2D eigenvalue weighted by molar-refractivity contribution is 7.12. The van der Waals surface area contributed by atoms with Crippen LogP contribution in [0.2, 0.25) is 0 Å². The molecule has 1 aromatic rings. The van der Waals surface area contributed by atoms with Crippen LogP contribution in [0.3, 0.4) is 0 Å². The Morgan fingerprint density at radius 1 is 1.50 bits per heavy atom. The summed E-state index contributed by atoms with van der Waals surface area (Å²) < 4.78 is 3.58. The van der Waals surface area contributed by atoms with E-state index >= 15 is 0 Å². The largest absolute Gasteiger partial charge is 0.309 e. The molecule has 2 heterocycles. The number of carbonyl (C=O) groups excluding carboxylic acids is 1. The fourth-order valence-electron chi connectivity index (χ4n) is 1.58. The highest BCUT2D eigenvalue weighted by Crippen LogP contribution is 2.30. The van der Waals surface area contributed by atoms with Crippen LogP contribution in [0, 0.1) is 13.8 Å². The van der Waals surface area contributed by atoms with Crippen LogP contribution in [0.5, 0.6) is 0 Å². The van der Waals surface area contributed by atoms with Gasteiger partial charge in [0.1, 0.15) is 0 Å². The van der Waals surface area contributed by atoms with Crippen LogP contribution in [0.4, 0.5) is 0 Å². The molecule has 1 N–H and O–H groups in total. The van der Waals surface area contributed by atoms with E-state index in [1.807, 2.05) is 13.8 Å². The maximum Gasteiger partial charge on any atom is 0.230 e. The van der Waals surface area contributed by atoms with E-state index in [4.69, 9.17) is 11.8 Å². The van der Waals surface area contributed by atoms with Crippen molar-refractivity contribution in [1.82, 2.24) is 5.32 Å². The van der Waals surface area contributed by atoms with Crippen molar-refractivity contribution in [2.75, 3.05) is 0 Å². The summed E-state index contributed by atoms with van der Waals surface area (Å²) in [6.07, 6.45) is 0.435. The number of amides is 1. The number of hydrogen-bond donors (Lipinski definition) is 1. The molecule has 0 fully saturated rings. The van der Waals surface area contributed by atoms with Crippen molar-refractivity contribution in [1.29, 1.82) is 0 Å². The van der Waals surface area contributed by atoms with Crippen molar-refractivity contribution in [2.24, 2.45) is 4.51 Å². The van der Waals surface area contributed by atoms with Gasteiger partial charge in [-0.25, -0.2) is 0 Å². The normalized spacial score (nSPS) is 18.2. The van der Waals surface area contributed by atoms with E-state index in [1.165, 1.54) is 4.88 Å². The van der Waals surface area contributed by atoms with E-state index in [0.29, 0.717) is 12.3 Å². The molecule has 1 aliphatic rings. The van der Waals surface area contributed by atoms with Crippen molar-refractivity contribution in [2.45, 2.75) is 20.3 Å². The average molecular weight is 229 g/mol. The van der Waals surface area contributed by atoms with E-state index in [0.717, 1.165) is 16.0 Å². The van der Waals surface area contributed by atoms with Gasteiger partial charge >= 0.3 is 0 Å². The molecule has 1 aromatic heterocycles. The van der Waals surface area contributed by atoms with Crippen LogP contribution in [0.1, 0.15) is 20.9 Å². The molecule has 3 nitrogen and oxygen atoms in total. The third-order valence-corrected chi connectivity index (χ3v) is 3.73. The van der Waals surface area contributed by atoms with Crippen LogP contribution in [-0.2, 0) is 11.2 Å². The molecule has 0 aliphatic carbocycles. The summed E-state index contributed by atoms with van der Waals surface area (Å²) in [6, 6.07) is 0. The maximum atomic E-state index is 11.3. The summed E-state index contributed by atoms with van der Waals surface area (Å²) in [7, 11) is 0. The molecule has 2 rings (SSSR count). The van der Waals surface area contributed by atoms with Crippen LogP contribution < -0.4 is 5.32 Å². The molecule has 0 aromatic carbocycles. The van der Waals surface area contributed by atoms with Gasteiger partial charge in [-0.2, -0.15) is 4.51 Å². The summed E-state index contributed by atoms with van der Waals surface area (Å²) in [5, 5.41) is 2.66. The number of halogens is 1. The minimum atomic E-state index is -0.0434. The van der Waals surface area contributed by atoms with E-state index in [9.17, 15) is 4.79 Å². The Kier molecular flexibility index (Phi) is 2.33. The quantitative estimate of drug-likeness (QED) is 0.725. The molecule has 14 heavy (non-hydrogen) atoms. The smallest absolute Gasteiger partial charge is 0.230 e. The highest BCUT2D eigenvalue weighted by atomic mass is 35.5. The Morgan fingerprint density at radius 3 is 2.86 bits per heavy atom. The number of nitrogens with one attached hydrogen (secondary N) is 1. The topological polar surface area (TPSA) is 41.5 Å². The van der Waals surface area contributed by atoms with Crippen molar-refractivity contribution in [3.63, 3.8) is 0 Å². The monoisotopic (exact) mass is 228 g/mol. The molecule has 0 saturated carbocycles. The van der Waals surface area contributed by atoms with Crippen LogP contribution in [0.15, 0.2) is 4.51 Å². The third kappa shape index (κ3) is 1.35. The number of fused-ring (bicyclic) bond motifs is 1. The number of thiophene rings is 1. The highest BCUT2D eigenvalue weighted by Gasteiger charge is 2.25. The number of aryl methyl sites for hydroxylation is 1. The molecule has 0 saturated heterocycles. The minimum Gasteiger partial charge on any atom is -0.309 e. The zero-order valence-corrected chi connectivity index (χ0v) is 9.42. The first-order chi connectivity index (χ1) is 6.63. The van der Waals surface area contributed by atoms with Crippen molar-refractivity contribution < 1.29 is 4.79 Å². The molecule has 1 amide bonds. The van der Waals surface area contributed by atoms with Gasteiger partial charge in [0, 0.05) is 27.1 Å². The Balaban J connectivity index is 2.63. The SMILES string of the molecule is Cc1sc2c(c1C)C(=NCl)NC(=O)C2. The number of amidine groups is 1. The predicted octanol–water partition coefficient (Wildman–Crippen LogP) is 1.94. The minimum absolute atomic E-state index is 0.0434. The summed E-state index contributed by atoms with van der Waals surface area (Å²) in [5.74, 6) is 0.443. The Bertz CT molecular complexity index is 436. The maximum absolute atomic E-state index is 11.3. The molecular formula is C9H9ClN2OS. The predicted molar refractivity (Wildman–Crippen MR) is 58.0 cm³/mol. The number of nitrogens with zero attached hydrogens (tertiary/aromatic N) is 1. The molecule has 5 heteroatoms. The lowest BCUT2D eigenvalue weighted by Gasteiger charge is -2.14. The van der Waals surface area contributed by atoms with Gasteiger partial charge in [-0.3, -0.25) is 4.79 Å². The fraction of sp³-hybridized carbons (Fsp3) is 0.333. The van der Waals surface area contributed by atoms with Crippen molar-refractivity contribution in [3.8, 4) is 0 Å². The molecule has 0 bridgehead atoms. The second-order valence-corrected chi connectivity index (χ2v) is 4.72. The Morgan fingerprint density at radius 2 is 2.21 bits per heavy atom. The number of carbonyl (C=O) groups is 1. The molecule has 0 spiro atoms. The van der Waals surface area contributed by atoms with Gasteiger partial charge in [-0.05, 0) is 19.4 Å². The zero-order chi connectivity index (χ0) is 10.3. The molecule has 0 unspecified atom stereocenters. The number of hydrogen-bond acceptors (Lipinski definition) is 3. The molecule has 74 valence electrons. The van der Waals surface area contributed by atoms with Gasteiger partial charge in [-0.15, -0.1) is 11.3 Å².